The standard InChI is InChI=1S/C48H36F34O6S2/c1-85-29-21-23(5-3-17-89-19-15-33(49,50)35(53,54)37(57,58)39(61,62)41(65,66)43(69,70)45(73,74)47(77,78)79)7-13-27(29)87-31(83)25-9-11-26(12-10-25)32(84)88-28-14-8-24(22-30(28)86-2)6-4-18-90-20-16-34(51,52)36(55,56)38(59,60)40(63,64)42(67,68)44(71,72)46(75,76)48(80,81)82/h7-14,21-22H,3-6,15-20H2,1-2H3. The van der Waals surface area contributed by atoms with Gasteiger partial charge in [0.05, 0.1) is 25.3 Å². The van der Waals surface area contributed by atoms with Crippen molar-refractivity contribution in [2.24, 2.45) is 0 Å². The van der Waals surface area contributed by atoms with Gasteiger partial charge in [-0.15, -0.1) is 0 Å². The van der Waals surface area contributed by atoms with E-state index in [-0.39, 0.29) is 106 Å². The van der Waals surface area contributed by atoms with Gasteiger partial charge >= 0.3 is 107 Å². The molecule has 0 aromatic heterocycles. The molecular formula is C48H36F34O6S2. The molecule has 0 radical (unpaired) electrons. The molecule has 0 atom stereocenters. The quantitative estimate of drug-likeness (QED) is 0.0265. The van der Waals surface area contributed by atoms with Gasteiger partial charge in [0, 0.05) is 12.8 Å². The van der Waals surface area contributed by atoms with Gasteiger partial charge in [0.15, 0.2) is 23.0 Å². The van der Waals surface area contributed by atoms with Crippen LogP contribution in [0.4, 0.5) is 149 Å². The minimum Gasteiger partial charge on any atom is -0.493 e. The van der Waals surface area contributed by atoms with Crippen LogP contribution < -0.4 is 18.9 Å². The van der Waals surface area contributed by atoms with E-state index in [1.807, 2.05) is 0 Å². The zero-order valence-corrected chi connectivity index (χ0v) is 45.6. The molecule has 3 rings (SSSR count). The molecule has 0 aliphatic carbocycles. The van der Waals surface area contributed by atoms with E-state index >= 15 is 0 Å². The molecule has 3 aromatic rings. The number of carbonyl (C=O) groups is 2. The average molecular weight is 1420 g/mol. The monoisotopic (exact) mass is 1420 g/mol. The number of methoxy groups -OCH3 is 2. The van der Waals surface area contributed by atoms with Crippen LogP contribution in [0.2, 0.25) is 0 Å². The molecule has 0 fully saturated rings. The third kappa shape index (κ3) is 14.2. The number of alkyl halides is 34. The molecule has 0 aliphatic rings. The van der Waals surface area contributed by atoms with Gasteiger partial charge in [0.25, 0.3) is 0 Å². The van der Waals surface area contributed by atoms with Crippen molar-refractivity contribution in [3.05, 3.63) is 82.9 Å². The lowest BCUT2D eigenvalue weighted by Crippen LogP contribution is -2.74. The predicted molar refractivity (Wildman–Crippen MR) is 244 cm³/mol. The Labute approximate surface area is 489 Å². The lowest BCUT2D eigenvalue weighted by molar-refractivity contribution is -0.461. The van der Waals surface area contributed by atoms with Crippen LogP contribution in [0.15, 0.2) is 60.7 Å². The van der Waals surface area contributed by atoms with Crippen LogP contribution in [0.5, 0.6) is 23.0 Å². The van der Waals surface area contributed by atoms with E-state index in [0.717, 1.165) is 50.6 Å². The Morgan fingerprint density at radius 1 is 0.322 bits per heavy atom. The topological polar surface area (TPSA) is 71.1 Å². The number of aryl methyl sites for hydroxylation is 2. The average Bonchev–Trinajstić information content (AvgIpc) is 0.710. The summed E-state index contributed by atoms with van der Waals surface area (Å²) in [6.45, 7) is 0. The second-order valence-electron chi connectivity index (χ2n) is 18.6. The third-order valence-corrected chi connectivity index (χ3v) is 14.6. The van der Waals surface area contributed by atoms with E-state index in [1.165, 1.54) is 24.3 Å². The molecule has 0 aliphatic heterocycles. The zero-order valence-electron chi connectivity index (χ0n) is 44.0. The second-order valence-corrected chi connectivity index (χ2v) is 21.0. The Hall–Kier alpha value is -5.48. The maximum absolute atomic E-state index is 14.3. The number of thioether (sulfide) groups is 2. The number of rotatable bonds is 32. The van der Waals surface area contributed by atoms with Crippen LogP contribution in [0.3, 0.4) is 0 Å². The van der Waals surface area contributed by atoms with Crippen molar-refractivity contribution >= 4 is 35.5 Å². The number of hydrogen-bond donors (Lipinski definition) is 0. The van der Waals surface area contributed by atoms with E-state index in [1.54, 1.807) is 0 Å². The molecule has 42 heteroatoms. The summed E-state index contributed by atoms with van der Waals surface area (Å²) in [6.07, 6.45) is -21.4. The first-order valence-corrected chi connectivity index (χ1v) is 26.1. The molecule has 6 nitrogen and oxygen atoms in total. The molecule has 0 saturated heterocycles. The largest absolute Gasteiger partial charge is 0.493 e. The van der Waals surface area contributed by atoms with Gasteiger partial charge in [-0.2, -0.15) is 173 Å². The number of benzene rings is 3. The number of carbonyl (C=O) groups excluding carboxylic acids is 2. The summed E-state index contributed by atoms with van der Waals surface area (Å²) in [4.78, 5) is 25.9. The first-order valence-electron chi connectivity index (χ1n) is 23.7. The Balaban J connectivity index is 1.55. The summed E-state index contributed by atoms with van der Waals surface area (Å²) < 4.78 is 481. The molecule has 0 amide bonds. The SMILES string of the molecule is COc1cc(CCCSCCC(F)(F)C(F)(F)C(F)(F)C(F)(F)C(F)(F)C(F)(F)C(F)(F)C(F)(F)F)ccc1OC(=O)c1ccc(C(=O)Oc2ccc(CCCSCCC(F)(F)C(F)(F)C(F)(F)C(F)(F)C(F)(F)C(F)(F)C(F)(F)C(F)(F)F)cc2OC)cc1. The van der Waals surface area contributed by atoms with E-state index < -0.39 is 132 Å². The lowest BCUT2D eigenvalue weighted by atomic mass is 9.88. The van der Waals surface area contributed by atoms with E-state index in [4.69, 9.17) is 18.9 Å². The molecule has 90 heavy (non-hydrogen) atoms. The van der Waals surface area contributed by atoms with Crippen LogP contribution in [-0.4, -0.2) is 144 Å². The highest BCUT2D eigenvalue weighted by molar-refractivity contribution is 7.99. The first-order chi connectivity index (χ1) is 40.3. The highest BCUT2D eigenvalue weighted by Gasteiger charge is 2.97. The highest BCUT2D eigenvalue weighted by atomic mass is 32.2. The fourth-order valence-corrected chi connectivity index (χ4v) is 8.94. The molecule has 0 saturated carbocycles. The second kappa shape index (κ2) is 26.5. The molecule has 0 bridgehead atoms. The molecule has 0 heterocycles. The van der Waals surface area contributed by atoms with Crippen molar-refractivity contribution in [2.75, 3.05) is 37.2 Å². The summed E-state index contributed by atoms with van der Waals surface area (Å²) in [5, 5.41) is 0. The van der Waals surface area contributed by atoms with Crippen molar-refractivity contribution in [1.29, 1.82) is 0 Å². The maximum Gasteiger partial charge on any atom is 0.460 e. The van der Waals surface area contributed by atoms with Gasteiger partial charge in [0.2, 0.25) is 0 Å². The van der Waals surface area contributed by atoms with E-state index in [9.17, 15) is 159 Å². The minimum atomic E-state index is -8.74. The Bertz CT molecular complexity index is 2750. The lowest BCUT2D eigenvalue weighted by Gasteiger charge is -2.42. The first kappa shape index (κ1) is 78.8. The van der Waals surface area contributed by atoms with Crippen molar-refractivity contribution in [1.82, 2.24) is 0 Å². The Morgan fingerprint density at radius 2 is 0.567 bits per heavy atom. The van der Waals surface area contributed by atoms with Gasteiger partial charge in [0.1, 0.15) is 0 Å². The fraction of sp³-hybridized carbons (Fsp3) is 0.583. The Kier molecular flexibility index (Phi) is 23.2. The van der Waals surface area contributed by atoms with Crippen LogP contribution in [0.1, 0.15) is 57.5 Å². The summed E-state index contributed by atoms with van der Waals surface area (Å²) >= 11 is 0.406. The fourth-order valence-electron chi connectivity index (χ4n) is 7.03. The van der Waals surface area contributed by atoms with Crippen LogP contribution in [0, 0.1) is 0 Å². The van der Waals surface area contributed by atoms with Gasteiger partial charge in [-0.1, -0.05) is 12.1 Å². The van der Waals surface area contributed by atoms with E-state index in [0.29, 0.717) is 0 Å². The summed E-state index contributed by atoms with van der Waals surface area (Å²) in [7, 11) is 2.14. The smallest absolute Gasteiger partial charge is 0.460 e. The molecule has 0 unspecified atom stereocenters. The van der Waals surface area contributed by atoms with Crippen molar-refractivity contribution in [3.8, 4) is 23.0 Å². The van der Waals surface area contributed by atoms with Crippen molar-refractivity contribution < 1.29 is 178 Å². The molecule has 3 aromatic carbocycles. The third-order valence-electron chi connectivity index (χ3n) is 12.4. The van der Waals surface area contributed by atoms with Gasteiger partial charge in [-0.05, 0) is 108 Å². The highest BCUT2D eigenvalue weighted by Crippen LogP contribution is 2.66. The summed E-state index contributed by atoms with van der Waals surface area (Å²) in [5.41, 5.74) is 0.121. The van der Waals surface area contributed by atoms with Crippen LogP contribution in [0.25, 0.3) is 0 Å². The van der Waals surface area contributed by atoms with Crippen LogP contribution in [-0.2, 0) is 12.8 Å². The Morgan fingerprint density at radius 3 is 0.811 bits per heavy atom. The van der Waals surface area contributed by atoms with Gasteiger partial charge in [-0.3, -0.25) is 0 Å². The number of hydrogen-bond acceptors (Lipinski definition) is 8. The van der Waals surface area contributed by atoms with E-state index in [2.05, 4.69) is 0 Å². The number of halogens is 34. The van der Waals surface area contributed by atoms with Gasteiger partial charge in [-0.25, -0.2) is 9.59 Å². The van der Waals surface area contributed by atoms with Gasteiger partial charge < -0.3 is 18.9 Å². The molecule has 514 valence electrons. The van der Waals surface area contributed by atoms with Crippen molar-refractivity contribution in [3.63, 3.8) is 0 Å². The summed E-state index contributed by atoms with van der Waals surface area (Å²) in [5.74, 6) is -121. The molecule has 0 spiro atoms. The summed E-state index contributed by atoms with van der Waals surface area (Å²) in [6, 6.07) is 11.5. The number of esters is 2. The number of ether oxygens (including phenoxy) is 4. The predicted octanol–water partition coefficient (Wildman–Crippen LogP) is 18.3. The maximum atomic E-state index is 14.3. The molecule has 0 N–H and O–H groups in total. The molecular weight excluding hydrogens is 1380 g/mol. The normalized spacial score (nSPS) is 14.6. The van der Waals surface area contributed by atoms with Crippen LogP contribution >= 0.6 is 23.5 Å². The zero-order chi connectivity index (χ0) is 70.2. The van der Waals surface area contributed by atoms with Crippen molar-refractivity contribution in [2.45, 2.75) is 134 Å². The minimum absolute atomic E-state index is 0.0855.